The summed E-state index contributed by atoms with van der Waals surface area (Å²) in [6.07, 6.45) is 0.693. The monoisotopic (exact) mass is 422 g/mol. The molecule has 0 radical (unpaired) electrons. The van der Waals surface area contributed by atoms with Crippen LogP contribution in [0.3, 0.4) is 0 Å². The Hall–Kier alpha value is -3.68. The topological polar surface area (TPSA) is 102 Å². The molecular weight excluding hydrogens is 396 g/mol. The predicted octanol–water partition coefficient (Wildman–Crippen LogP) is 2.77. The van der Waals surface area contributed by atoms with E-state index in [0.29, 0.717) is 35.4 Å². The summed E-state index contributed by atoms with van der Waals surface area (Å²) < 4.78 is 6.78. The standard InChI is InChI=1S/C23H26N4O4/c1-4-12-27-23(30)19-11-6-5-10-18(19)21(26-27)22(29)25-24-20(28)14-31-17-9-7-8-16(13-17)15(2)3/h5-11,13,15H,4,12,14H2,1-3H3,(H,24,28)(H,25,29). The van der Waals surface area contributed by atoms with Crippen LogP contribution in [0.4, 0.5) is 0 Å². The summed E-state index contributed by atoms with van der Waals surface area (Å²) in [7, 11) is 0. The molecule has 0 aliphatic rings. The van der Waals surface area contributed by atoms with Crippen LogP contribution >= 0.6 is 0 Å². The number of nitrogens with one attached hydrogen (secondary N) is 2. The summed E-state index contributed by atoms with van der Waals surface area (Å²) in [5, 5.41) is 5.02. The number of ether oxygens (including phenoxy) is 1. The molecule has 2 aromatic carbocycles. The minimum Gasteiger partial charge on any atom is -0.484 e. The van der Waals surface area contributed by atoms with Crippen molar-refractivity contribution in [3.8, 4) is 5.75 Å². The van der Waals surface area contributed by atoms with Crippen molar-refractivity contribution in [2.24, 2.45) is 0 Å². The molecule has 3 aromatic rings. The van der Waals surface area contributed by atoms with Gasteiger partial charge in [-0.2, -0.15) is 5.10 Å². The molecule has 0 fully saturated rings. The highest BCUT2D eigenvalue weighted by molar-refractivity contribution is 6.05. The number of nitrogens with zero attached hydrogens (tertiary/aromatic N) is 2. The predicted molar refractivity (Wildman–Crippen MR) is 118 cm³/mol. The number of hydrazine groups is 1. The van der Waals surface area contributed by atoms with E-state index in [1.165, 1.54) is 4.68 Å². The maximum Gasteiger partial charge on any atom is 0.290 e. The number of amides is 2. The van der Waals surface area contributed by atoms with Gasteiger partial charge in [0.1, 0.15) is 5.75 Å². The summed E-state index contributed by atoms with van der Waals surface area (Å²) in [4.78, 5) is 37.3. The number of carbonyl (C=O) groups is 2. The summed E-state index contributed by atoms with van der Waals surface area (Å²) >= 11 is 0. The molecule has 31 heavy (non-hydrogen) atoms. The molecule has 8 heteroatoms. The van der Waals surface area contributed by atoms with Gasteiger partial charge >= 0.3 is 0 Å². The van der Waals surface area contributed by atoms with Gasteiger partial charge in [-0.3, -0.25) is 25.2 Å². The lowest BCUT2D eigenvalue weighted by Crippen LogP contribution is -2.44. The number of aromatic nitrogens is 2. The molecule has 0 bridgehead atoms. The average molecular weight is 422 g/mol. The lowest BCUT2D eigenvalue weighted by atomic mass is 10.0. The van der Waals surface area contributed by atoms with E-state index in [1.54, 1.807) is 30.3 Å². The molecule has 8 nitrogen and oxygen atoms in total. The van der Waals surface area contributed by atoms with Crippen molar-refractivity contribution >= 4 is 22.6 Å². The van der Waals surface area contributed by atoms with Crippen molar-refractivity contribution in [2.75, 3.05) is 6.61 Å². The number of hydrogen-bond donors (Lipinski definition) is 2. The van der Waals surface area contributed by atoms with Crippen molar-refractivity contribution < 1.29 is 14.3 Å². The van der Waals surface area contributed by atoms with Crippen LogP contribution in [-0.4, -0.2) is 28.2 Å². The third-order valence-electron chi connectivity index (χ3n) is 4.73. The number of hydrogen-bond acceptors (Lipinski definition) is 5. The highest BCUT2D eigenvalue weighted by atomic mass is 16.5. The van der Waals surface area contributed by atoms with Gasteiger partial charge in [-0.05, 0) is 36.1 Å². The van der Waals surface area contributed by atoms with Crippen LogP contribution in [0.25, 0.3) is 10.8 Å². The first kappa shape index (κ1) is 22.0. The maximum absolute atomic E-state index is 12.7. The molecule has 0 atom stereocenters. The Morgan fingerprint density at radius 1 is 1.06 bits per heavy atom. The van der Waals surface area contributed by atoms with Gasteiger partial charge in [0.25, 0.3) is 17.4 Å². The SMILES string of the molecule is CCCn1nc(C(=O)NNC(=O)COc2cccc(C(C)C)c2)c2ccccc2c1=O. The van der Waals surface area contributed by atoms with Crippen molar-refractivity contribution in [1.29, 1.82) is 0 Å². The van der Waals surface area contributed by atoms with E-state index < -0.39 is 11.8 Å². The van der Waals surface area contributed by atoms with Crippen molar-refractivity contribution in [3.63, 3.8) is 0 Å². The van der Waals surface area contributed by atoms with Crippen LogP contribution in [0.5, 0.6) is 5.75 Å². The summed E-state index contributed by atoms with van der Waals surface area (Å²) in [5.41, 5.74) is 5.59. The molecule has 3 rings (SSSR count). The van der Waals surface area contributed by atoms with Crippen LogP contribution < -0.4 is 21.1 Å². The minimum atomic E-state index is -0.615. The Kier molecular flexibility index (Phi) is 7.02. The van der Waals surface area contributed by atoms with Gasteiger partial charge in [0.15, 0.2) is 12.3 Å². The fourth-order valence-corrected chi connectivity index (χ4v) is 3.10. The molecule has 2 N–H and O–H groups in total. The van der Waals surface area contributed by atoms with Gasteiger partial charge in [-0.1, -0.05) is 51.1 Å². The van der Waals surface area contributed by atoms with Gasteiger partial charge in [0, 0.05) is 11.9 Å². The molecule has 2 amide bonds. The van der Waals surface area contributed by atoms with E-state index in [-0.39, 0.29) is 17.9 Å². The van der Waals surface area contributed by atoms with Crippen LogP contribution in [0, 0.1) is 0 Å². The van der Waals surface area contributed by atoms with Gasteiger partial charge in [0.05, 0.1) is 5.39 Å². The highest BCUT2D eigenvalue weighted by Gasteiger charge is 2.17. The number of rotatable bonds is 7. The molecule has 162 valence electrons. The second-order valence-corrected chi connectivity index (χ2v) is 7.44. The maximum atomic E-state index is 12.7. The Morgan fingerprint density at radius 2 is 1.81 bits per heavy atom. The number of aryl methyl sites for hydroxylation is 1. The summed E-state index contributed by atoms with van der Waals surface area (Å²) in [6, 6.07) is 14.3. The smallest absolute Gasteiger partial charge is 0.290 e. The van der Waals surface area contributed by atoms with Crippen LogP contribution in [-0.2, 0) is 11.3 Å². The molecule has 0 unspecified atom stereocenters. The largest absolute Gasteiger partial charge is 0.484 e. The molecule has 0 aliphatic carbocycles. The van der Waals surface area contributed by atoms with Gasteiger partial charge < -0.3 is 4.74 Å². The molecular formula is C23H26N4O4. The van der Waals surface area contributed by atoms with E-state index in [9.17, 15) is 14.4 Å². The van der Waals surface area contributed by atoms with Crippen molar-refractivity contribution in [2.45, 2.75) is 39.7 Å². The number of fused-ring (bicyclic) bond motifs is 1. The Balaban J connectivity index is 1.67. The van der Waals surface area contributed by atoms with E-state index in [0.717, 1.165) is 5.56 Å². The fourth-order valence-electron chi connectivity index (χ4n) is 3.10. The first-order chi connectivity index (χ1) is 14.9. The van der Waals surface area contributed by atoms with Crippen LogP contribution in [0.1, 0.15) is 49.2 Å². The van der Waals surface area contributed by atoms with Crippen molar-refractivity contribution in [3.05, 3.63) is 70.1 Å². The zero-order valence-corrected chi connectivity index (χ0v) is 17.8. The number of carbonyl (C=O) groups excluding carboxylic acids is 2. The first-order valence-electron chi connectivity index (χ1n) is 10.2. The third kappa shape index (κ3) is 5.28. The summed E-state index contributed by atoms with van der Waals surface area (Å²) in [5.74, 6) is -0.215. The van der Waals surface area contributed by atoms with E-state index in [2.05, 4.69) is 29.8 Å². The van der Waals surface area contributed by atoms with Crippen molar-refractivity contribution in [1.82, 2.24) is 20.6 Å². The zero-order chi connectivity index (χ0) is 22.4. The second-order valence-electron chi connectivity index (χ2n) is 7.44. The molecule has 0 aliphatic heterocycles. The quantitative estimate of drug-likeness (QED) is 0.570. The number of benzene rings is 2. The molecule has 1 heterocycles. The Labute approximate surface area is 180 Å². The second kappa shape index (κ2) is 9.88. The normalized spacial score (nSPS) is 10.8. The highest BCUT2D eigenvalue weighted by Crippen LogP contribution is 2.20. The van der Waals surface area contributed by atoms with E-state index >= 15 is 0 Å². The lowest BCUT2D eigenvalue weighted by molar-refractivity contribution is -0.123. The Bertz CT molecular complexity index is 1150. The zero-order valence-electron chi connectivity index (χ0n) is 17.8. The minimum absolute atomic E-state index is 0.0644. The summed E-state index contributed by atoms with van der Waals surface area (Å²) in [6.45, 7) is 6.19. The van der Waals surface area contributed by atoms with Gasteiger partial charge in [-0.15, -0.1) is 0 Å². The van der Waals surface area contributed by atoms with Gasteiger partial charge in [-0.25, -0.2) is 4.68 Å². The van der Waals surface area contributed by atoms with E-state index in [1.807, 2.05) is 25.1 Å². The Morgan fingerprint density at radius 3 is 2.52 bits per heavy atom. The molecule has 1 aromatic heterocycles. The third-order valence-corrected chi connectivity index (χ3v) is 4.73. The van der Waals surface area contributed by atoms with Crippen LogP contribution in [0.2, 0.25) is 0 Å². The fraction of sp³-hybridized carbons (Fsp3) is 0.304. The molecule has 0 saturated carbocycles. The average Bonchev–Trinajstić information content (AvgIpc) is 2.78. The van der Waals surface area contributed by atoms with E-state index in [4.69, 9.17) is 4.74 Å². The van der Waals surface area contributed by atoms with Crippen LogP contribution in [0.15, 0.2) is 53.3 Å². The van der Waals surface area contributed by atoms with Gasteiger partial charge in [0.2, 0.25) is 0 Å². The molecule has 0 saturated heterocycles. The first-order valence-corrected chi connectivity index (χ1v) is 10.2. The lowest BCUT2D eigenvalue weighted by Gasteiger charge is -2.12. The molecule has 0 spiro atoms.